The van der Waals surface area contributed by atoms with Crippen LogP contribution in [0.2, 0.25) is 0 Å². The third-order valence-corrected chi connectivity index (χ3v) is 14.6. The van der Waals surface area contributed by atoms with Crippen molar-refractivity contribution in [3.8, 4) is 0 Å². The van der Waals surface area contributed by atoms with Gasteiger partial charge in [0.1, 0.15) is 13.2 Å². The van der Waals surface area contributed by atoms with Crippen molar-refractivity contribution in [2.75, 3.05) is 13.2 Å². The molecule has 0 aromatic heterocycles. The largest absolute Gasteiger partial charge is 0.462 e. The number of allylic oxidation sites excluding steroid dienone is 16. The summed E-state index contributed by atoms with van der Waals surface area (Å²) < 4.78 is 16.8. The van der Waals surface area contributed by atoms with Crippen molar-refractivity contribution in [2.24, 2.45) is 0 Å². The van der Waals surface area contributed by atoms with Crippen molar-refractivity contribution in [1.82, 2.24) is 0 Å². The molecule has 0 bridgehead atoms. The Morgan fingerprint density at radius 3 is 0.810 bits per heavy atom. The lowest BCUT2D eigenvalue weighted by Gasteiger charge is -2.18. The van der Waals surface area contributed by atoms with Crippen LogP contribution in [0.15, 0.2) is 97.2 Å². The quantitative estimate of drug-likeness (QED) is 0.0261. The maximum Gasteiger partial charge on any atom is 0.306 e. The second-order valence-corrected chi connectivity index (χ2v) is 22.3. The maximum absolute atomic E-state index is 12.9. The van der Waals surface area contributed by atoms with E-state index in [0.717, 1.165) is 103 Å². The summed E-state index contributed by atoms with van der Waals surface area (Å²) in [5.41, 5.74) is 0. The zero-order valence-corrected chi connectivity index (χ0v) is 52.1. The van der Waals surface area contributed by atoms with Gasteiger partial charge in [-0.2, -0.15) is 0 Å². The molecule has 0 N–H and O–H groups in total. The van der Waals surface area contributed by atoms with E-state index in [-0.39, 0.29) is 37.5 Å². The fourth-order valence-corrected chi connectivity index (χ4v) is 9.61. The molecule has 1 atom stereocenters. The predicted molar refractivity (Wildman–Crippen MR) is 344 cm³/mol. The number of hydrogen-bond donors (Lipinski definition) is 0. The van der Waals surface area contributed by atoms with E-state index in [4.69, 9.17) is 14.2 Å². The van der Waals surface area contributed by atoms with Gasteiger partial charge in [-0.3, -0.25) is 14.4 Å². The predicted octanol–water partition coefficient (Wildman–Crippen LogP) is 23.2. The minimum Gasteiger partial charge on any atom is -0.462 e. The van der Waals surface area contributed by atoms with Crippen LogP contribution in [0.3, 0.4) is 0 Å². The molecule has 6 nitrogen and oxygen atoms in total. The Labute approximate surface area is 489 Å². The van der Waals surface area contributed by atoms with Crippen LogP contribution in [-0.2, 0) is 28.6 Å². The maximum atomic E-state index is 12.9. The molecule has 0 rings (SSSR count). The Morgan fingerprint density at radius 1 is 0.266 bits per heavy atom. The van der Waals surface area contributed by atoms with Crippen molar-refractivity contribution >= 4 is 17.9 Å². The van der Waals surface area contributed by atoms with Gasteiger partial charge in [0, 0.05) is 19.3 Å². The Bertz CT molecular complexity index is 1540. The van der Waals surface area contributed by atoms with E-state index in [1.807, 2.05) is 0 Å². The lowest BCUT2D eigenvalue weighted by Crippen LogP contribution is -2.30. The second-order valence-electron chi connectivity index (χ2n) is 22.3. The summed E-state index contributed by atoms with van der Waals surface area (Å²) in [7, 11) is 0. The molecule has 0 saturated carbocycles. The fourth-order valence-electron chi connectivity index (χ4n) is 9.61. The van der Waals surface area contributed by atoms with E-state index in [9.17, 15) is 14.4 Å². The highest BCUT2D eigenvalue weighted by molar-refractivity contribution is 5.71. The van der Waals surface area contributed by atoms with E-state index in [2.05, 4.69) is 118 Å². The second kappa shape index (κ2) is 66.8. The molecule has 0 amide bonds. The smallest absolute Gasteiger partial charge is 0.306 e. The first-order valence-electron chi connectivity index (χ1n) is 33.7. The molecular formula is C73H126O6. The summed E-state index contributed by atoms with van der Waals surface area (Å²) in [6.07, 6.45) is 90.4. The molecule has 0 heterocycles. The summed E-state index contributed by atoms with van der Waals surface area (Å²) in [5.74, 6) is -0.988. The average Bonchev–Trinajstić information content (AvgIpc) is 3.45. The molecule has 0 aromatic rings. The first-order chi connectivity index (χ1) is 39.0. The SMILES string of the molecule is CC/C=C\C/C=C\C/C=C\C/C=C\C/C=C\CCCC(=O)OC(COC(=O)CCCCC/C=C\C/C=C\C/C=C\CC)COC(=O)CCCCCCCCCCCCCCCCCCCCCCCCCCCCCCCCC. The summed E-state index contributed by atoms with van der Waals surface area (Å²) in [4.78, 5) is 38.2. The van der Waals surface area contributed by atoms with E-state index in [0.29, 0.717) is 19.3 Å². The number of carbonyl (C=O) groups excluding carboxylic acids is 3. The lowest BCUT2D eigenvalue weighted by atomic mass is 10.0. The third-order valence-electron chi connectivity index (χ3n) is 14.6. The van der Waals surface area contributed by atoms with Gasteiger partial charge >= 0.3 is 17.9 Å². The van der Waals surface area contributed by atoms with Gasteiger partial charge in [0.25, 0.3) is 0 Å². The number of esters is 3. The lowest BCUT2D eigenvalue weighted by molar-refractivity contribution is -0.167. The van der Waals surface area contributed by atoms with Crippen LogP contribution < -0.4 is 0 Å². The van der Waals surface area contributed by atoms with Crippen molar-refractivity contribution < 1.29 is 28.6 Å². The van der Waals surface area contributed by atoms with E-state index in [1.165, 1.54) is 180 Å². The van der Waals surface area contributed by atoms with Gasteiger partial charge in [0.05, 0.1) is 0 Å². The highest BCUT2D eigenvalue weighted by Crippen LogP contribution is 2.18. The molecule has 0 aliphatic carbocycles. The van der Waals surface area contributed by atoms with Crippen LogP contribution in [0, 0.1) is 0 Å². The minimum absolute atomic E-state index is 0.108. The van der Waals surface area contributed by atoms with Crippen LogP contribution in [0.1, 0.15) is 329 Å². The molecule has 0 fully saturated rings. The van der Waals surface area contributed by atoms with E-state index in [1.54, 1.807) is 0 Å². The average molecular weight is 1100 g/mol. The molecule has 454 valence electrons. The van der Waals surface area contributed by atoms with E-state index >= 15 is 0 Å². The van der Waals surface area contributed by atoms with Crippen molar-refractivity contribution in [3.05, 3.63) is 97.2 Å². The number of rotatable bonds is 61. The Balaban J connectivity index is 4.22. The van der Waals surface area contributed by atoms with Gasteiger partial charge in [-0.1, -0.05) is 317 Å². The van der Waals surface area contributed by atoms with Crippen LogP contribution in [0.25, 0.3) is 0 Å². The summed E-state index contributed by atoms with van der Waals surface area (Å²) >= 11 is 0. The van der Waals surface area contributed by atoms with Crippen molar-refractivity contribution in [2.45, 2.75) is 335 Å². The monoisotopic (exact) mass is 1100 g/mol. The topological polar surface area (TPSA) is 78.9 Å². The zero-order valence-electron chi connectivity index (χ0n) is 52.1. The first kappa shape index (κ1) is 75.3. The van der Waals surface area contributed by atoms with Crippen molar-refractivity contribution in [3.63, 3.8) is 0 Å². The Kier molecular flexibility index (Phi) is 63.7. The van der Waals surface area contributed by atoms with Crippen LogP contribution in [0.4, 0.5) is 0 Å². The van der Waals surface area contributed by atoms with Gasteiger partial charge in [-0.05, 0) is 89.9 Å². The van der Waals surface area contributed by atoms with Gasteiger partial charge in [-0.25, -0.2) is 0 Å². The zero-order chi connectivity index (χ0) is 57.1. The minimum atomic E-state index is -0.820. The molecule has 79 heavy (non-hydrogen) atoms. The van der Waals surface area contributed by atoms with Gasteiger partial charge in [0.2, 0.25) is 0 Å². The molecule has 0 spiro atoms. The summed E-state index contributed by atoms with van der Waals surface area (Å²) in [6.45, 7) is 6.37. The summed E-state index contributed by atoms with van der Waals surface area (Å²) in [6, 6.07) is 0. The highest BCUT2D eigenvalue weighted by atomic mass is 16.6. The normalized spacial score (nSPS) is 12.7. The molecule has 6 heteroatoms. The number of ether oxygens (including phenoxy) is 3. The van der Waals surface area contributed by atoms with Gasteiger partial charge in [0.15, 0.2) is 6.10 Å². The van der Waals surface area contributed by atoms with Gasteiger partial charge < -0.3 is 14.2 Å². The summed E-state index contributed by atoms with van der Waals surface area (Å²) in [5, 5.41) is 0. The Morgan fingerprint density at radius 2 is 0.506 bits per heavy atom. The number of carbonyl (C=O) groups is 3. The molecule has 0 radical (unpaired) electrons. The van der Waals surface area contributed by atoms with E-state index < -0.39 is 6.10 Å². The molecule has 0 aliphatic heterocycles. The fraction of sp³-hybridized carbons (Fsp3) is 0.740. The molecule has 0 aliphatic rings. The number of hydrogen-bond acceptors (Lipinski definition) is 6. The van der Waals surface area contributed by atoms with Crippen LogP contribution in [-0.4, -0.2) is 37.2 Å². The van der Waals surface area contributed by atoms with Crippen molar-refractivity contribution in [1.29, 1.82) is 0 Å². The highest BCUT2D eigenvalue weighted by Gasteiger charge is 2.19. The first-order valence-corrected chi connectivity index (χ1v) is 33.7. The molecule has 1 unspecified atom stereocenters. The number of unbranched alkanes of at least 4 members (excludes halogenated alkanes) is 34. The third kappa shape index (κ3) is 65.0. The molecule has 0 saturated heterocycles. The molecule has 0 aromatic carbocycles. The standard InChI is InChI=1S/C73H126O6/c1-4-7-10-13-16-19-22-25-27-29-30-31-32-33-34-35-36-37-38-39-40-41-42-44-45-48-51-54-57-60-63-66-72(75)78-69-70(68-77-71(74)65-62-59-56-53-50-47-24-21-18-15-12-9-6-3)79-73(76)67-64-61-58-55-52-49-46-43-28-26-23-20-17-14-11-8-5-2/h8-9,11-12,17-18,20-21,26,28,46-47,49-50,55,58,70H,4-7,10,13-16,19,22-25,27,29-45,48,51-54,56-57,59-69H2,1-3H3/b11-8-,12-9-,20-17-,21-18-,28-26-,49-46-,50-47-,58-55-. The van der Waals surface area contributed by atoms with Crippen LogP contribution in [0.5, 0.6) is 0 Å². The van der Waals surface area contributed by atoms with Crippen LogP contribution >= 0.6 is 0 Å². The Hall–Kier alpha value is -3.67. The molecular weight excluding hydrogens is 973 g/mol. The van der Waals surface area contributed by atoms with Gasteiger partial charge in [-0.15, -0.1) is 0 Å².